The lowest BCUT2D eigenvalue weighted by molar-refractivity contribution is -0.121. The van der Waals surface area contributed by atoms with Gasteiger partial charge in [-0.1, -0.05) is 12.8 Å². The fourth-order valence-corrected chi connectivity index (χ4v) is 3.88. The number of anilines is 3. The monoisotopic (exact) mass is 339 g/mol. The van der Waals surface area contributed by atoms with Crippen molar-refractivity contribution >= 4 is 23.5 Å². The van der Waals surface area contributed by atoms with Crippen LogP contribution in [-0.2, 0) is 11.2 Å². The highest BCUT2D eigenvalue weighted by molar-refractivity contribution is 6.00. The summed E-state index contributed by atoms with van der Waals surface area (Å²) in [5.74, 6) is 0.828. The fourth-order valence-electron chi connectivity index (χ4n) is 3.88. The number of nitrogen functional groups attached to an aromatic ring is 2. The van der Waals surface area contributed by atoms with Gasteiger partial charge < -0.3 is 11.5 Å². The summed E-state index contributed by atoms with van der Waals surface area (Å²) in [5.41, 5.74) is 13.9. The highest BCUT2D eigenvalue weighted by Crippen LogP contribution is 2.39. The van der Waals surface area contributed by atoms with Crippen LogP contribution in [0.15, 0.2) is 12.4 Å². The molecule has 4 N–H and O–H groups in total. The average Bonchev–Trinajstić information content (AvgIpc) is 3.09. The van der Waals surface area contributed by atoms with Crippen molar-refractivity contribution in [3.8, 4) is 0 Å². The number of fused-ring (bicyclic) bond motifs is 1. The molecule has 1 amide bonds. The minimum absolute atomic E-state index is 0.0102. The van der Waals surface area contributed by atoms with Crippen LogP contribution in [0.2, 0.25) is 0 Å². The molecule has 1 unspecified atom stereocenters. The van der Waals surface area contributed by atoms with Gasteiger partial charge in [0.2, 0.25) is 11.9 Å². The Labute approximate surface area is 145 Å². The molecule has 8 heteroatoms. The molecule has 1 aliphatic carbocycles. The molecule has 1 atom stereocenters. The van der Waals surface area contributed by atoms with Crippen LogP contribution in [0, 0.1) is 6.92 Å². The minimum Gasteiger partial charge on any atom is -0.382 e. The summed E-state index contributed by atoms with van der Waals surface area (Å²) in [6.45, 7) is 1.91. The molecule has 2 aromatic rings. The highest BCUT2D eigenvalue weighted by atomic mass is 16.2. The Morgan fingerprint density at radius 2 is 1.88 bits per heavy atom. The predicted molar refractivity (Wildman–Crippen MR) is 93.8 cm³/mol. The van der Waals surface area contributed by atoms with Crippen LogP contribution >= 0.6 is 0 Å². The number of nitrogens with zero attached hydrogens (tertiary/aromatic N) is 5. The Hall–Kier alpha value is -2.77. The van der Waals surface area contributed by atoms with Crippen molar-refractivity contribution < 1.29 is 4.79 Å². The van der Waals surface area contributed by atoms with Crippen LogP contribution in [0.1, 0.15) is 48.6 Å². The van der Waals surface area contributed by atoms with Gasteiger partial charge in [-0.3, -0.25) is 14.7 Å². The van der Waals surface area contributed by atoms with Gasteiger partial charge in [-0.25, -0.2) is 9.97 Å². The second kappa shape index (κ2) is 5.94. The smallest absolute Gasteiger partial charge is 0.237 e. The summed E-state index contributed by atoms with van der Waals surface area (Å²) < 4.78 is 0. The number of aryl methyl sites for hydroxylation is 1. The molecular weight excluding hydrogens is 318 g/mol. The van der Waals surface area contributed by atoms with Crippen molar-refractivity contribution in [1.29, 1.82) is 0 Å². The van der Waals surface area contributed by atoms with Crippen LogP contribution in [0.5, 0.6) is 0 Å². The van der Waals surface area contributed by atoms with Crippen LogP contribution in [0.3, 0.4) is 0 Å². The second-order valence-electron chi connectivity index (χ2n) is 6.74. The molecule has 8 nitrogen and oxygen atoms in total. The van der Waals surface area contributed by atoms with E-state index in [1.165, 1.54) is 6.20 Å². The molecule has 3 heterocycles. The van der Waals surface area contributed by atoms with Gasteiger partial charge in [0, 0.05) is 17.3 Å². The highest BCUT2D eigenvalue weighted by Gasteiger charge is 2.41. The standard InChI is InChI=1S/C17H21N7O/c1-9-11-6-12(13-7-21-14(18)8-20-13)16(25)24(10-4-2-3-5-10)15(11)23-17(19)22-9/h7-8,10,12H,2-6H2,1H3,(H2,18,21)(H2,19,22,23). The van der Waals surface area contributed by atoms with E-state index < -0.39 is 5.92 Å². The fraction of sp³-hybridized carbons (Fsp3) is 0.471. The summed E-state index contributed by atoms with van der Waals surface area (Å²) in [7, 11) is 0. The lowest BCUT2D eigenvalue weighted by Crippen LogP contribution is -2.47. The molecule has 2 aromatic heterocycles. The minimum atomic E-state index is -0.396. The second-order valence-corrected chi connectivity index (χ2v) is 6.74. The van der Waals surface area contributed by atoms with Crippen LogP contribution < -0.4 is 16.4 Å². The first-order valence-corrected chi connectivity index (χ1v) is 8.58. The normalized spacial score (nSPS) is 20.8. The summed E-state index contributed by atoms with van der Waals surface area (Å²) in [6.07, 6.45) is 7.78. The number of nitrogens with two attached hydrogens (primary N) is 2. The van der Waals surface area contributed by atoms with Gasteiger partial charge in [-0.15, -0.1) is 0 Å². The van der Waals surface area contributed by atoms with E-state index in [9.17, 15) is 4.79 Å². The number of hydrogen-bond donors (Lipinski definition) is 2. The lowest BCUT2D eigenvalue weighted by atomic mass is 9.89. The maximum atomic E-state index is 13.3. The number of carbonyl (C=O) groups excluding carboxylic acids is 1. The molecule has 0 saturated heterocycles. The van der Waals surface area contributed by atoms with Gasteiger partial charge in [-0.2, -0.15) is 4.98 Å². The van der Waals surface area contributed by atoms with E-state index in [-0.39, 0.29) is 17.9 Å². The summed E-state index contributed by atoms with van der Waals surface area (Å²) >= 11 is 0. The third-order valence-electron chi connectivity index (χ3n) is 5.12. The van der Waals surface area contributed by atoms with Crippen molar-refractivity contribution in [3.63, 3.8) is 0 Å². The zero-order valence-electron chi connectivity index (χ0n) is 14.1. The number of carbonyl (C=O) groups is 1. The SMILES string of the molecule is Cc1nc(N)nc2c1CC(c1cnc(N)cn1)C(=O)N2C1CCCC1. The van der Waals surface area contributed by atoms with E-state index in [1.807, 2.05) is 11.8 Å². The van der Waals surface area contributed by atoms with Crippen LogP contribution in [-0.4, -0.2) is 31.9 Å². The number of hydrogen-bond acceptors (Lipinski definition) is 7. The maximum Gasteiger partial charge on any atom is 0.237 e. The Bertz CT molecular complexity index is 814. The quantitative estimate of drug-likeness (QED) is 0.846. The van der Waals surface area contributed by atoms with Gasteiger partial charge >= 0.3 is 0 Å². The number of amides is 1. The molecule has 4 rings (SSSR count). The Morgan fingerprint density at radius 1 is 1.12 bits per heavy atom. The van der Waals surface area contributed by atoms with E-state index in [0.717, 1.165) is 36.9 Å². The van der Waals surface area contributed by atoms with E-state index >= 15 is 0 Å². The molecule has 1 aliphatic heterocycles. The first-order valence-electron chi connectivity index (χ1n) is 8.58. The van der Waals surface area contributed by atoms with Gasteiger partial charge in [0.15, 0.2) is 0 Å². The molecule has 1 saturated carbocycles. The Morgan fingerprint density at radius 3 is 2.56 bits per heavy atom. The van der Waals surface area contributed by atoms with Gasteiger partial charge in [0.1, 0.15) is 11.6 Å². The van der Waals surface area contributed by atoms with Crippen LogP contribution in [0.4, 0.5) is 17.6 Å². The van der Waals surface area contributed by atoms with Crippen molar-refractivity contribution in [3.05, 3.63) is 29.3 Å². The first kappa shape index (κ1) is 15.7. The van der Waals surface area contributed by atoms with Crippen LogP contribution in [0.25, 0.3) is 0 Å². The van der Waals surface area contributed by atoms with Gasteiger partial charge in [0.25, 0.3) is 0 Å². The first-order chi connectivity index (χ1) is 12.0. The van der Waals surface area contributed by atoms with Crippen molar-refractivity contribution in [2.24, 2.45) is 0 Å². The topological polar surface area (TPSA) is 124 Å². The zero-order valence-corrected chi connectivity index (χ0v) is 14.1. The molecule has 2 aliphatic rings. The van der Waals surface area contributed by atoms with E-state index in [4.69, 9.17) is 11.5 Å². The molecular formula is C17H21N7O. The molecule has 0 radical (unpaired) electrons. The van der Waals surface area contributed by atoms with Crippen molar-refractivity contribution in [1.82, 2.24) is 19.9 Å². The summed E-state index contributed by atoms with van der Waals surface area (Å²) in [4.78, 5) is 32.3. The summed E-state index contributed by atoms with van der Waals surface area (Å²) in [5, 5.41) is 0. The molecule has 0 aromatic carbocycles. The lowest BCUT2D eigenvalue weighted by Gasteiger charge is -2.37. The number of rotatable bonds is 2. The average molecular weight is 339 g/mol. The number of aromatic nitrogens is 4. The molecule has 25 heavy (non-hydrogen) atoms. The Balaban J connectivity index is 1.82. The zero-order chi connectivity index (χ0) is 17.6. The van der Waals surface area contributed by atoms with E-state index in [1.54, 1.807) is 6.20 Å². The predicted octanol–water partition coefficient (Wildman–Crippen LogP) is 1.35. The summed E-state index contributed by atoms with van der Waals surface area (Å²) in [6, 6.07) is 0.157. The van der Waals surface area contributed by atoms with E-state index in [0.29, 0.717) is 23.8 Å². The molecule has 1 fully saturated rings. The van der Waals surface area contributed by atoms with Gasteiger partial charge in [-0.05, 0) is 26.2 Å². The van der Waals surface area contributed by atoms with Crippen molar-refractivity contribution in [2.45, 2.75) is 51.0 Å². The van der Waals surface area contributed by atoms with E-state index in [2.05, 4.69) is 19.9 Å². The Kier molecular flexibility index (Phi) is 3.74. The molecule has 0 spiro atoms. The third-order valence-corrected chi connectivity index (χ3v) is 5.12. The maximum absolute atomic E-state index is 13.3. The molecule has 0 bridgehead atoms. The largest absolute Gasteiger partial charge is 0.382 e. The third kappa shape index (κ3) is 2.67. The van der Waals surface area contributed by atoms with Gasteiger partial charge in [0.05, 0.1) is 24.0 Å². The van der Waals surface area contributed by atoms with Crippen molar-refractivity contribution in [2.75, 3.05) is 16.4 Å². The molecule has 130 valence electrons.